The molecule has 1 aliphatic carbocycles. The highest BCUT2D eigenvalue weighted by Gasteiger charge is 2.46. The molecule has 0 unspecified atom stereocenters. The Kier molecular flexibility index (Phi) is 2.61. The SMILES string of the molecule is CC1(C)C[C@]2(C=C(C#N)C1=O)CNCCO2. The average Bonchev–Trinajstić information content (AvgIpc) is 2.24. The summed E-state index contributed by atoms with van der Waals surface area (Å²) in [6.45, 7) is 5.87. The molecule has 1 heterocycles. The first-order chi connectivity index (χ1) is 7.49. The first-order valence-electron chi connectivity index (χ1n) is 5.52. The second kappa shape index (κ2) is 3.69. The number of morpholine rings is 1. The van der Waals surface area contributed by atoms with Crippen LogP contribution in [0.3, 0.4) is 0 Å². The molecule has 16 heavy (non-hydrogen) atoms. The van der Waals surface area contributed by atoms with Gasteiger partial charge in [0.15, 0.2) is 5.78 Å². The van der Waals surface area contributed by atoms with Crippen LogP contribution in [0.4, 0.5) is 0 Å². The highest BCUT2D eigenvalue weighted by molar-refractivity contribution is 6.03. The summed E-state index contributed by atoms with van der Waals surface area (Å²) in [4.78, 5) is 11.9. The summed E-state index contributed by atoms with van der Waals surface area (Å²) in [6.07, 6.45) is 2.34. The molecule has 1 spiro atoms. The Labute approximate surface area is 95.3 Å². The van der Waals surface area contributed by atoms with Crippen molar-refractivity contribution in [3.63, 3.8) is 0 Å². The van der Waals surface area contributed by atoms with Gasteiger partial charge < -0.3 is 10.1 Å². The molecule has 1 fully saturated rings. The Morgan fingerprint density at radius 1 is 1.56 bits per heavy atom. The molecular weight excluding hydrogens is 204 g/mol. The van der Waals surface area contributed by atoms with Gasteiger partial charge in [0.2, 0.25) is 0 Å². The maximum Gasteiger partial charge on any atom is 0.178 e. The number of ketones is 1. The first kappa shape index (κ1) is 11.3. The highest BCUT2D eigenvalue weighted by Crippen LogP contribution is 2.39. The maximum absolute atomic E-state index is 11.9. The molecule has 1 saturated heterocycles. The van der Waals surface area contributed by atoms with Crippen molar-refractivity contribution in [1.29, 1.82) is 5.26 Å². The molecule has 0 radical (unpaired) electrons. The van der Waals surface area contributed by atoms with Gasteiger partial charge in [-0.1, -0.05) is 13.8 Å². The average molecular weight is 220 g/mol. The predicted molar refractivity (Wildman–Crippen MR) is 58.7 cm³/mol. The normalized spacial score (nSPS) is 33.3. The molecule has 86 valence electrons. The van der Waals surface area contributed by atoms with Crippen LogP contribution in [0.25, 0.3) is 0 Å². The molecule has 0 aromatic rings. The first-order valence-corrected chi connectivity index (χ1v) is 5.52. The van der Waals surface area contributed by atoms with Crippen LogP contribution < -0.4 is 5.32 Å². The predicted octanol–water partition coefficient (Wildman–Crippen LogP) is 0.794. The van der Waals surface area contributed by atoms with E-state index in [-0.39, 0.29) is 11.4 Å². The lowest BCUT2D eigenvalue weighted by Crippen LogP contribution is -2.54. The van der Waals surface area contributed by atoms with E-state index in [1.165, 1.54) is 0 Å². The molecule has 4 nitrogen and oxygen atoms in total. The van der Waals surface area contributed by atoms with Gasteiger partial charge >= 0.3 is 0 Å². The third-order valence-corrected chi connectivity index (χ3v) is 3.22. The molecule has 0 aromatic heterocycles. The molecule has 0 bridgehead atoms. The topological polar surface area (TPSA) is 62.1 Å². The summed E-state index contributed by atoms with van der Waals surface area (Å²) in [5, 5.41) is 12.2. The van der Waals surface area contributed by atoms with E-state index >= 15 is 0 Å². The summed E-state index contributed by atoms with van der Waals surface area (Å²) in [5.74, 6) is -0.0743. The largest absolute Gasteiger partial charge is 0.368 e. The molecule has 2 rings (SSSR count). The Bertz CT molecular complexity index is 384. The maximum atomic E-state index is 11.9. The Morgan fingerprint density at radius 2 is 2.31 bits per heavy atom. The number of nitriles is 1. The van der Waals surface area contributed by atoms with Crippen LogP contribution in [0.2, 0.25) is 0 Å². The van der Waals surface area contributed by atoms with Crippen LogP contribution >= 0.6 is 0 Å². The molecule has 1 N–H and O–H groups in total. The fourth-order valence-corrected chi connectivity index (χ4v) is 2.54. The standard InChI is InChI=1S/C12H16N2O2/c1-11(2)7-12(8-14-3-4-16-12)5-9(6-13)10(11)15/h5,14H,3-4,7-8H2,1-2H3/t12-/m1/s1. The van der Waals surface area contributed by atoms with E-state index in [1.807, 2.05) is 19.9 Å². The summed E-state index contributed by atoms with van der Waals surface area (Å²) in [5.41, 5.74) is -0.750. The zero-order valence-corrected chi connectivity index (χ0v) is 9.67. The van der Waals surface area contributed by atoms with Gasteiger partial charge in [0.05, 0.1) is 12.2 Å². The van der Waals surface area contributed by atoms with E-state index in [0.29, 0.717) is 19.6 Å². The molecular formula is C12H16N2O2. The molecule has 1 aliphatic heterocycles. The van der Waals surface area contributed by atoms with E-state index < -0.39 is 11.0 Å². The Balaban J connectivity index is 2.39. The van der Waals surface area contributed by atoms with Crippen LogP contribution in [0.1, 0.15) is 20.3 Å². The van der Waals surface area contributed by atoms with Crippen LogP contribution in [0, 0.1) is 16.7 Å². The molecule has 0 aromatic carbocycles. The van der Waals surface area contributed by atoms with Crippen molar-refractivity contribution >= 4 is 5.78 Å². The second-order valence-electron chi connectivity index (χ2n) is 5.15. The van der Waals surface area contributed by atoms with Crippen molar-refractivity contribution in [3.05, 3.63) is 11.6 Å². The van der Waals surface area contributed by atoms with Gasteiger partial charge in [-0.25, -0.2) is 0 Å². The van der Waals surface area contributed by atoms with E-state index in [1.54, 1.807) is 6.08 Å². The Morgan fingerprint density at radius 3 is 2.88 bits per heavy atom. The van der Waals surface area contributed by atoms with Gasteiger partial charge in [0.25, 0.3) is 0 Å². The smallest absolute Gasteiger partial charge is 0.178 e. The molecule has 4 heteroatoms. The number of Topliss-reactive ketones (excluding diaryl/α,β-unsaturated/α-hetero) is 1. The third kappa shape index (κ3) is 1.77. The zero-order chi connectivity index (χ0) is 11.8. The van der Waals surface area contributed by atoms with Crippen molar-refractivity contribution in [1.82, 2.24) is 5.32 Å². The van der Waals surface area contributed by atoms with Crippen molar-refractivity contribution in [3.8, 4) is 6.07 Å². The number of nitrogens with one attached hydrogen (secondary N) is 1. The van der Waals surface area contributed by atoms with E-state index in [4.69, 9.17) is 10.00 Å². The van der Waals surface area contributed by atoms with Crippen LogP contribution in [0.5, 0.6) is 0 Å². The fraction of sp³-hybridized carbons (Fsp3) is 0.667. The van der Waals surface area contributed by atoms with Gasteiger partial charge in [-0.3, -0.25) is 4.79 Å². The zero-order valence-electron chi connectivity index (χ0n) is 9.67. The van der Waals surface area contributed by atoms with E-state index in [2.05, 4.69) is 5.32 Å². The summed E-state index contributed by atoms with van der Waals surface area (Å²) < 4.78 is 5.78. The minimum atomic E-state index is -0.515. The lowest BCUT2D eigenvalue weighted by molar-refractivity contribution is -0.130. The van der Waals surface area contributed by atoms with Crippen molar-refractivity contribution in [2.24, 2.45) is 5.41 Å². The van der Waals surface area contributed by atoms with Crippen LogP contribution in [-0.4, -0.2) is 31.1 Å². The summed E-state index contributed by atoms with van der Waals surface area (Å²) in [7, 11) is 0. The van der Waals surface area contributed by atoms with Gasteiger partial charge in [-0.15, -0.1) is 0 Å². The van der Waals surface area contributed by atoms with Crippen LogP contribution in [0.15, 0.2) is 11.6 Å². The molecule has 1 atom stereocenters. The number of ether oxygens (including phenoxy) is 1. The number of rotatable bonds is 0. The highest BCUT2D eigenvalue weighted by atomic mass is 16.5. The summed E-state index contributed by atoms with van der Waals surface area (Å²) >= 11 is 0. The fourth-order valence-electron chi connectivity index (χ4n) is 2.54. The minimum absolute atomic E-state index is 0.0743. The van der Waals surface area contributed by atoms with Gasteiger partial charge in [-0.05, 0) is 12.5 Å². The van der Waals surface area contributed by atoms with Gasteiger partial charge in [0.1, 0.15) is 11.7 Å². The number of hydrogen-bond acceptors (Lipinski definition) is 4. The second-order valence-corrected chi connectivity index (χ2v) is 5.15. The van der Waals surface area contributed by atoms with Crippen LogP contribution in [-0.2, 0) is 9.53 Å². The lowest BCUT2D eigenvalue weighted by atomic mass is 9.69. The number of allylic oxidation sites excluding steroid dienone is 1. The quantitative estimate of drug-likeness (QED) is 0.655. The number of carbonyl (C=O) groups excluding carboxylic acids is 1. The van der Waals surface area contributed by atoms with E-state index in [0.717, 1.165) is 6.54 Å². The van der Waals surface area contributed by atoms with Gasteiger partial charge in [-0.2, -0.15) is 5.26 Å². The summed E-state index contributed by atoms with van der Waals surface area (Å²) in [6, 6.07) is 1.98. The Hall–Kier alpha value is -1.18. The number of carbonyl (C=O) groups is 1. The monoisotopic (exact) mass is 220 g/mol. The molecule has 2 aliphatic rings. The van der Waals surface area contributed by atoms with Gasteiger partial charge in [0, 0.05) is 18.5 Å². The third-order valence-electron chi connectivity index (χ3n) is 3.22. The van der Waals surface area contributed by atoms with Crippen molar-refractivity contribution in [2.75, 3.05) is 19.7 Å². The van der Waals surface area contributed by atoms with E-state index in [9.17, 15) is 4.79 Å². The lowest BCUT2D eigenvalue weighted by Gasteiger charge is -2.43. The molecule has 0 amide bonds. The van der Waals surface area contributed by atoms with Crippen molar-refractivity contribution in [2.45, 2.75) is 25.9 Å². The number of hydrogen-bond donors (Lipinski definition) is 1. The number of nitrogens with zero attached hydrogens (tertiary/aromatic N) is 1. The minimum Gasteiger partial charge on any atom is -0.368 e. The molecule has 0 saturated carbocycles. The van der Waals surface area contributed by atoms with Crippen molar-refractivity contribution < 1.29 is 9.53 Å².